The molecule has 0 N–H and O–H groups in total. The Kier molecular flexibility index (Phi) is 4.55. The van der Waals surface area contributed by atoms with Crippen LogP contribution in [0.25, 0.3) is 0 Å². The monoisotopic (exact) mass is 346 g/mol. The minimum Gasteiger partial charge on any atom is -0.312 e. The number of benzene rings is 1. The molecule has 4 nitrogen and oxygen atoms in total. The number of thiazole rings is 1. The molecule has 1 amide bonds. The number of Topliss-reactive ketones (excluding diaryl/α,β-unsaturated/α-hetero) is 1. The molecule has 0 fully saturated rings. The second-order valence-corrected chi connectivity index (χ2v) is 8.09. The van der Waals surface area contributed by atoms with E-state index in [0.717, 1.165) is 27.7 Å². The van der Waals surface area contributed by atoms with Gasteiger partial charge in [-0.1, -0.05) is 11.8 Å². The van der Waals surface area contributed by atoms with Gasteiger partial charge in [0.2, 0.25) is 5.91 Å². The molecule has 0 saturated carbocycles. The summed E-state index contributed by atoms with van der Waals surface area (Å²) in [5.41, 5.74) is 3.71. The van der Waals surface area contributed by atoms with Gasteiger partial charge in [-0.15, -0.1) is 11.3 Å². The predicted molar refractivity (Wildman–Crippen MR) is 94.7 cm³/mol. The number of carbonyl (C=O) groups is 2. The van der Waals surface area contributed by atoms with Gasteiger partial charge in [0.05, 0.1) is 5.25 Å². The minimum atomic E-state index is -0.177. The van der Waals surface area contributed by atoms with Crippen LogP contribution < -0.4 is 4.90 Å². The number of anilines is 1. The number of nitrogens with zero attached hydrogens (tertiary/aromatic N) is 2. The van der Waals surface area contributed by atoms with Crippen LogP contribution in [0.2, 0.25) is 0 Å². The second-order valence-electron chi connectivity index (χ2n) is 5.64. The standard InChI is InChI=1S/C17H18N2O2S2/c1-10-9-22-17(18-10)23-11(2)16(21)14-4-5-15-13(8-14)6-7-19(15)12(3)20/h4-5,8-9,11H,6-7H2,1-3H3/t11-/m0/s1. The molecule has 0 saturated heterocycles. The Balaban J connectivity index is 1.77. The Labute approximate surface area is 143 Å². The molecule has 1 atom stereocenters. The lowest BCUT2D eigenvalue weighted by Gasteiger charge is -2.15. The molecule has 0 unspecified atom stereocenters. The topological polar surface area (TPSA) is 50.3 Å². The molecule has 2 heterocycles. The third-order valence-electron chi connectivity index (χ3n) is 3.88. The number of fused-ring (bicyclic) bond motifs is 1. The molecule has 3 rings (SSSR count). The lowest BCUT2D eigenvalue weighted by molar-refractivity contribution is -0.116. The number of rotatable bonds is 4. The quantitative estimate of drug-likeness (QED) is 0.625. The van der Waals surface area contributed by atoms with Crippen LogP contribution in [0.1, 0.15) is 35.5 Å². The summed E-state index contributed by atoms with van der Waals surface area (Å²) >= 11 is 3.07. The zero-order valence-electron chi connectivity index (χ0n) is 13.3. The number of carbonyl (C=O) groups excluding carboxylic acids is 2. The molecule has 1 aliphatic rings. The average molecular weight is 346 g/mol. The summed E-state index contributed by atoms with van der Waals surface area (Å²) in [5.74, 6) is 0.151. The SMILES string of the molecule is CC(=O)N1CCc2cc(C(=O)[C@H](C)Sc3nc(C)cs3)ccc21. The molecule has 0 radical (unpaired) electrons. The molecular formula is C17H18N2O2S2. The maximum absolute atomic E-state index is 12.6. The molecule has 6 heteroatoms. The van der Waals surface area contributed by atoms with Gasteiger partial charge in [0.15, 0.2) is 10.1 Å². The number of aromatic nitrogens is 1. The minimum absolute atomic E-state index is 0.0471. The maximum atomic E-state index is 12.6. The number of thioether (sulfide) groups is 1. The molecule has 2 aromatic rings. The molecule has 1 aromatic carbocycles. The van der Waals surface area contributed by atoms with Crippen LogP contribution in [0.5, 0.6) is 0 Å². The van der Waals surface area contributed by atoms with E-state index in [4.69, 9.17) is 0 Å². The Morgan fingerprint density at radius 2 is 2.17 bits per heavy atom. The summed E-state index contributed by atoms with van der Waals surface area (Å²) in [4.78, 5) is 30.4. The normalized spacial score (nSPS) is 14.7. The highest BCUT2D eigenvalue weighted by Crippen LogP contribution is 2.32. The zero-order chi connectivity index (χ0) is 16.6. The average Bonchev–Trinajstić information content (AvgIpc) is 3.11. The van der Waals surface area contributed by atoms with Crippen molar-refractivity contribution >= 4 is 40.5 Å². The van der Waals surface area contributed by atoms with Crippen molar-refractivity contribution in [3.05, 3.63) is 40.4 Å². The van der Waals surface area contributed by atoms with Crippen molar-refractivity contribution in [1.82, 2.24) is 4.98 Å². The van der Waals surface area contributed by atoms with E-state index in [-0.39, 0.29) is 16.9 Å². The number of hydrogen-bond donors (Lipinski definition) is 0. The van der Waals surface area contributed by atoms with E-state index >= 15 is 0 Å². The van der Waals surface area contributed by atoms with E-state index in [1.54, 1.807) is 23.2 Å². The van der Waals surface area contributed by atoms with Gasteiger partial charge in [0, 0.05) is 35.8 Å². The van der Waals surface area contributed by atoms with Gasteiger partial charge in [-0.05, 0) is 44.0 Å². The van der Waals surface area contributed by atoms with Crippen LogP contribution >= 0.6 is 23.1 Å². The van der Waals surface area contributed by atoms with Gasteiger partial charge in [-0.3, -0.25) is 9.59 Å². The molecule has 0 spiro atoms. The highest BCUT2D eigenvalue weighted by atomic mass is 32.2. The molecule has 1 aliphatic heterocycles. The molecule has 120 valence electrons. The summed E-state index contributed by atoms with van der Waals surface area (Å²) in [5, 5.41) is 1.81. The smallest absolute Gasteiger partial charge is 0.223 e. The van der Waals surface area contributed by atoms with E-state index in [9.17, 15) is 9.59 Å². The third-order valence-corrected chi connectivity index (χ3v) is 6.07. The molecule has 0 bridgehead atoms. The van der Waals surface area contributed by atoms with Crippen molar-refractivity contribution in [2.24, 2.45) is 0 Å². The van der Waals surface area contributed by atoms with E-state index in [0.29, 0.717) is 12.1 Å². The van der Waals surface area contributed by atoms with Crippen molar-refractivity contribution < 1.29 is 9.59 Å². The van der Waals surface area contributed by atoms with Gasteiger partial charge >= 0.3 is 0 Å². The Morgan fingerprint density at radius 1 is 1.39 bits per heavy atom. The third kappa shape index (κ3) is 3.33. The van der Waals surface area contributed by atoms with Crippen LogP contribution in [-0.2, 0) is 11.2 Å². The lowest BCUT2D eigenvalue weighted by Crippen LogP contribution is -2.25. The predicted octanol–water partition coefficient (Wildman–Crippen LogP) is 3.72. The fraction of sp³-hybridized carbons (Fsp3) is 0.353. The second kappa shape index (κ2) is 6.45. The zero-order valence-corrected chi connectivity index (χ0v) is 15.0. The van der Waals surface area contributed by atoms with Crippen LogP contribution in [-0.4, -0.2) is 28.5 Å². The van der Waals surface area contributed by atoms with Gasteiger partial charge < -0.3 is 4.90 Å². The van der Waals surface area contributed by atoms with E-state index in [2.05, 4.69) is 4.98 Å². The highest BCUT2D eigenvalue weighted by molar-refractivity contribution is 8.02. The first-order valence-corrected chi connectivity index (χ1v) is 9.25. The fourth-order valence-corrected chi connectivity index (χ4v) is 4.77. The van der Waals surface area contributed by atoms with Crippen LogP contribution in [0.4, 0.5) is 5.69 Å². The highest BCUT2D eigenvalue weighted by Gasteiger charge is 2.24. The molecule has 1 aromatic heterocycles. The van der Waals surface area contributed by atoms with Crippen LogP contribution in [0.3, 0.4) is 0 Å². The first-order chi connectivity index (χ1) is 11.0. The van der Waals surface area contributed by atoms with E-state index in [1.165, 1.54) is 11.8 Å². The maximum Gasteiger partial charge on any atom is 0.223 e. The van der Waals surface area contributed by atoms with Crippen molar-refractivity contribution in [2.45, 2.75) is 36.8 Å². The summed E-state index contributed by atoms with van der Waals surface area (Å²) in [7, 11) is 0. The van der Waals surface area contributed by atoms with Gasteiger partial charge in [-0.25, -0.2) is 4.98 Å². The lowest BCUT2D eigenvalue weighted by atomic mass is 10.0. The number of hydrogen-bond acceptors (Lipinski definition) is 5. The summed E-state index contributed by atoms with van der Waals surface area (Å²) in [6.45, 7) is 6.14. The van der Waals surface area contributed by atoms with Gasteiger partial charge in [0.25, 0.3) is 0 Å². The summed E-state index contributed by atoms with van der Waals surface area (Å²) in [6.07, 6.45) is 0.809. The van der Waals surface area contributed by atoms with Gasteiger partial charge in [0.1, 0.15) is 0 Å². The fourth-order valence-electron chi connectivity index (χ4n) is 2.71. The van der Waals surface area contributed by atoms with Crippen LogP contribution in [0.15, 0.2) is 27.9 Å². The van der Waals surface area contributed by atoms with E-state index < -0.39 is 0 Å². The van der Waals surface area contributed by atoms with E-state index in [1.807, 2.05) is 37.4 Å². The Bertz CT molecular complexity index is 770. The first kappa shape index (κ1) is 16.2. The molecule has 0 aliphatic carbocycles. The summed E-state index contributed by atoms with van der Waals surface area (Å²) < 4.78 is 0.923. The number of aryl methyl sites for hydroxylation is 1. The summed E-state index contributed by atoms with van der Waals surface area (Å²) in [6, 6.07) is 5.65. The molecular weight excluding hydrogens is 328 g/mol. The largest absolute Gasteiger partial charge is 0.312 e. The Morgan fingerprint density at radius 3 is 2.83 bits per heavy atom. The van der Waals surface area contributed by atoms with Crippen molar-refractivity contribution in [1.29, 1.82) is 0 Å². The first-order valence-electron chi connectivity index (χ1n) is 7.49. The van der Waals surface area contributed by atoms with Gasteiger partial charge in [-0.2, -0.15) is 0 Å². The van der Waals surface area contributed by atoms with Crippen molar-refractivity contribution in [3.63, 3.8) is 0 Å². The van der Waals surface area contributed by atoms with Crippen molar-refractivity contribution in [3.8, 4) is 0 Å². The number of ketones is 1. The number of amides is 1. The Hall–Kier alpha value is -1.66. The van der Waals surface area contributed by atoms with Crippen molar-refractivity contribution in [2.75, 3.05) is 11.4 Å². The van der Waals surface area contributed by atoms with Crippen LogP contribution in [0, 0.1) is 6.92 Å². The molecule has 23 heavy (non-hydrogen) atoms.